The van der Waals surface area contributed by atoms with Gasteiger partial charge in [0.1, 0.15) is 0 Å². The molecule has 0 aliphatic rings. The van der Waals surface area contributed by atoms with Crippen LogP contribution in [0.1, 0.15) is 0 Å². The quantitative estimate of drug-likeness (QED) is 0.631. The van der Waals surface area contributed by atoms with Gasteiger partial charge < -0.3 is 9.47 Å². The van der Waals surface area contributed by atoms with Crippen molar-refractivity contribution in [1.82, 2.24) is 4.98 Å². The number of halogens is 5. The van der Waals surface area contributed by atoms with E-state index >= 15 is 0 Å². The summed E-state index contributed by atoms with van der Waals surface area (Å²) in [4.78, 5) is 3.09. The molecule has 5 nitrogen and oxygen atoms in total. The molecule has 0 aliphatic carbocycles. The van der Waals surface area contributed by atoms with Crippen molar-refractivity contribution in [3.63, 3.8) is 0 Å². The number of ether oxygens (including phenoxy) is 2. The lowest BCUT2D eigenvalue weighted by Gasteiger charge is -2.11. The number of pyridine rings is 1. The van der Waals surface area contributed by atoms with E-state index in [4.69, 9.17) is 10.7 Å². The lowest BCUT2D eigenvalue weighted by atomic mass is 10.4. The largest absolute Gasteiger partial charge is 0.573 e. The van der Waals surface area contributed by atoms with Crippen molar-refractivity contribution in [3.05, 3.63) is 11.9 Å². The van der Waals surface area contributed by atoms with Gasteiger partial charge >= 0.3 is 6.36 Å². The van der Waals surface area contributed by atoms with E-state index in [-0.39, 0.29) is 0 Å². The zero-order valence-corrected chi connectivity index (χ0v) is 10.0. The molecule has 0 fully saturated rings. The van der Waals surface area contributed by atoms with Crippen LogP contribution in [0.4, 0.5) is 17.6 Å². The fraction of sp³-hybridized carbons (Fsp3) is 0.286. The van der Waals surface area contributed by atoms with E-state index in [2.05, 4.69) is 14.5 Å². The topological polar surface area (TPSA) is 65.5 Å². The molecule has 1 rings (SSSR count). The van der Waals surface area contributed by atoms with Gasteiger partial charge in [-0.2, -0.15) is 9.37 Å². The van der Waals surface area contributed by atoms with Crippen LogP contribution < -0.4 is 9.47 Å². The molecular weight excluding hydrogens is 306 g/mol. The summed E-state index contributed by atoms with van der Waals surface area (Å²) in [6, 6.07) is 0.439. The van der Waals surface area contributed by atoms with Crippen molar-refractivity contribution >= 4 is 19.7 Å². The second kappa shape index (κ2) is 4.76. The Labute approximate surface area is 103 Å². The molecule has 1 heterocycles. The maximum atomic E-state index is 13.4. The first-order valence-corrected chi connectivity index (χ1v) is 6.30. The summed E-state index contributed by atoms with van der Waals surface area (Å²) < 4.78 is 78.8. The summed E-state index contributed by atoms with van der Waals surface area (Å²) in [6.45, 7) is 0. The number of alkyl halides is 3. The third kappa shape index (κ3) is 3.60. The van der Waals surface area contributed by atoms with E-state index in [0.717, 1.165) is 7.11 Å². The maximum Gasteiger partial charge on any atom is 0.573 e. The van der Waals surface area contributed by atoms with Crippen molar-refractivity contribution in [2.75, 3.05) is 7.11 Å². The molecule has 1 aromatic rings. The summed E-state index contributed by atoms with van der Waals surface area (Å²) in [5.74, 6) is -3.87. The van der Waals surface area contributed by atoms with Crippen LogP contribution >= 0.6 is 10.7 Å². The van der Waals surface area contributed by atoms with Crippen LogP contribution in [0.5, 0.6) is 11.6 Å². The second-order valence-electron chi connectivity index (χ2n) is 2.77. The predicted octanol–water partition coefficient (Wildman–Crippen LogP) is 2.06. The number of aromatic nitrogens is 1. The van der Waals surface area contributed by atoms with Gasteiger partial charge in [0.05, 0.1) is 7.11 Å². The summed E-state index contributed by atoms with van der Waals surface area (Å²) in [7, 11) is 1.12. The van der Waals surface area contributed by atoms with Gasteiger partial charge in [-0.1, -0.05) is 0 Å². The molecule has 11 heteroatoms. The minimum absolute atomic E-state index is 0.439. The molecule has 0 saturated heterocycles. The number of rotatable bonds is 3. The highest BCUT2D eigenvalue weighted by molar-refractivity contribution is 8.13. The van der Waals surface area contributed by atoms with Gasteiger partial charge in [0, 0.05) is 16.7 Å². The number of hydrogen-bond donors (Lipinski definition) is 0. The van der Waals surface area contributed by atoms with Crippen LogP contribution in [0.15, 0.2) is 11.1 Å². The van der Waals surface area contributed by atoms with Crippen molar-refractivity contribution < 1.29 is 35.5 Å². The monoisotopic (exact) mass is 309 g/mol. The minimum Gasteiger partial charge on any atom is -0.481 e. The smallest absolute Gasteiger partial charge is 0.481 e. The van der Waals surface area contributed by atoms with E-state index in [1.165, 1.54) is 0 Å². The Bertz CT molecular complexity index is 559. The average molecular weight is 310 g/mol. The highest BCUT2D eigenvalue weighted by Crippen LogP contribution is 2.32. The van der Waals surface area contributed by atoms with Gasteiger partial charge in [-0.25, -0.2) is 8.42 Å². The van der Waals surface area contributed by atoms with Crippen molar-refractivity contribution in [3.8, 4) is 11.6 Å². The molecular formula is C7H4ClF4NO4S. The third-order valence-electron chi connectivity index (χ3n) is 1.54. The molecule has 18 heavy (non-hydrogen) atoms. The highest BCUT2D eigenvalue weighted by Gasteiger charge is 2.35. The first-order chi connectivity index (χ1) is 8.04. The summed E-state index contributed by atoms with van der Waals surface area (Å²) in [6.07, 6.45) is -5.21. The molecule has 0 aromatic carbocycles. The third-order valence-corrected chi connectivity index (χ3v) is 2.71. The number of hydrogen-bond acceptors (Lipinski definition) is 5. The summed E-state index contributed by atoms with van der Waals surface area (Å²) in [5.41, 5.74) is 0. The van der Waals surface area contributed by atoms with E-state index in [1.807, 2.05) is 0 Å². The zero-order chi connectivity index (χ0) is 14.1. The first-order valence-electron chi connectivity index (χ1n) is 3.99. The predicted molar refractivity (Wildman–Crippen MR) is 50.5 cm³/mol. The van der Waals surface area contributed by atoms with Crippen LogP contribution in [0.3, 0.4) is 0 Å². The van der Waals surface area contributed by atoms with E-state index in [1.54, 1.807) is 0 Å². The molecule has 0 N–H and O–H groups in total. The Balaban J connectivity index is 3.44. The van der Waals surface area contributed by atoms with E-state index < -0.39 is 37.9 Å². The minimum atomic E-state index is -5.21. The Morgan fingerprint density at radius 2 is 1.94 bits per heavy atom. The SMILES string of the molecule is COc1cc(OC(F)(F)F)c(F)c(S(=O)(=O)Cl)n1. The lowest BCUT2D eigenvalue weighted by molar-refractivity contribution is -0.275. The Morgan fingerprint density at radius 3 is 2.33 bits per heavy atom. The van der Waals surface area contributed by atoms with Crippen LogP contribution in [-0.4, -0.2) is 26.9 Å². The van der Waals surface area contributed by atoms with Gasteiger partial charge in [0.15, 0.2) is 5.75 Å². The molecule has 0 aliphatic heterocycles. The molecule has 0 amide bonds. The average Bonchev–Trinajstić information content (AvgIpc) is 2.17. The molecule has 1 aromatic heterocycles. The van der Waals surface area contributed by atoms with Crippen molar-refractivity contribution in [2.24, 2.45) is 0 Å². The van der Waals surface area contributed by atoms with Crippen LogP contribution in [0, 0.1) is 5.82 Å². The van der Waals surface area contributed by atoms with E-state index in [9.17, 15) is 26.0 Å². The zero-order valence-electron chi connectivity index (χ0n) is 8.46. The molecule has 102 valence electrons. The number of methoxy groups -OCH3 is 1. The van der Waals surface area contributed by atoms with Crippen LogP contribution in [0.25, 0.3) is 0 Å². The standard InChI is InChI=1S/C7H4ClF4NO4S/c1-16-4-2-3(17-7(10,11)12)5(9)6(13-4)18(8,14)15/h2H,1H3. The fourth-order valence-electron chi connectivity index (χ4n) is 0.927. The van der Waals surface area contributed by atoms with Crippen LogP contribution in [0.2, 0.25) is 0 Å². The molecule has 0 saturated carbocycles. The van der Waals surface area contributed by atoms with Gasteiger partial charge in [0.2, 0.25) is 16.7 Å². The van der Waals surface area contributed by atoms with Crippen molar-refractivity contribution in [1.29, 1.82) is 0 Å². The van der Waals surface area contributed by atoms with Gasteiger partial charge in [-0.15, -0.1) is 13.2 Å². The number of nitrogens with zero attached hydrogens (tertiary/aromatic N) is 1. The van der Waals surface area contributed by atoms with Gasteiger partial charge in [-0.05, 0) is 0 Å². The van der Waals surface area contributed by atoms with Gasteiger partial charge in [0.25, 0.3) is 9.05 Å². The van der Waals surface area contributed by atoms with Crippen molar-refractivity contribution in [2.45, 2.75) is 11.4 Å². The highest BCUT2D eigenvalue weighted by atomic mass is 35.7. The maximum absolute atomic E-state index is 13.4. The molecule has 0 spiro atoms. The Morgan fingerprint density at radius 1 is 1.39 bits per heavy atom. The Hall–Kier alpha value is -1.29. The molecule has 0 unspecified atom stereocenters. The van der Waals surface area contributed by atoms with E-state index in [0.29, 0.717) is 6.07 Å². The first kappa shape index (κ1) is 14.8. The summed E-state index contributed by atoms with van der Waals surface area (Å²) >= 11 is 0. The molecule has 0 atom stereocenters. The second-order valence-corrected chi connectivity index (χ2v) is 5.25. The van der Waals surface area contributed by atoms with Crippen LogP contribution in [-0.2, 0) is 9.05 Å². The lowest BCUT2D eigenvalue weighted by Crippen LogP contribution is -2.19. The molecule has 0 bridgehead atoms. The summed E-state index contributed by atoms with van der Waals surface area (Å²) in [5, 5.41) is -1.41. The molecule has 0 radical (unpaired) electrons. The normalized spacial score (nSPS) is 12.3. The Kier molecular flexibility index (Phi) is 3.91. The fourth-order valence-corrected chi connectivity index (χ4v) is 1.75. The van der Waals surface area contributed by atoms with Gasteiger partial charge in [-0.3, -0.25) is 0 Å².